The van der Waals surface area contributed by atoms with E-state index in [4.69, 9.17) is 0 Å². The first kappa shape index (κ1) is 22.8. The average molecular weight is 468 g/mol. The Morgan fingerprint density at radius 3 is 2.83 bits per heavy atom. The van der Waals surface area contributed by atoms with Crippen molar-refractivity contribution in [1.82, 2.24) is 19.4 Å². The van der Waals surface area contributed by atoms with Gasteiger partial charge < -0.3 is 19.8 Å². The summed E-state index contributed by atoms with van der Waals surface area (Å²) in [5.41, 5.74) is 5.46. The van der Waals surface area contributed by atoms with Gasteiger partial charge in [-0.25, -0.2) is 4.98 Å². The quantitative estimate of drug-likeness (QED) is 0.373. The Hall–Kier alpha value is -3.97. The third-order valence-corrected chi connectivity index (χ3v) is 6.18. The first-order valence-corrected chi connectivity index (χ1v) is 11.9. The van der Waals surface area contributed by atoms with E-state index in [2.05, 4.69) is 21.4 Å². The van der Waals surface area contributed by atoms with Crippen molar-refractivity contribution in [3.05, 3.63) is 83.6 Å². The summed E-state index contributed by atoms with van der Waals surface area (Å²) in [6.07, 6.45) is 11.5. The molecule has 0 spiro atoms. The molecule has 0 atom stereocenters. The molecule has 3 aromatic heterocycles. The highest BCUT2D eigenvalue weighted by molar-refractivity contribution is 6.00. The summed E-state index contributed by atoms with van der Waals surface area (Å²) in [5.74, 6) is 0.460. The van der Waals surface area contributed by atoms with Crippen LogP contribution in [-0.2, 0) is 11.3 Å². The van der Waals surface area contributed by atoms with Crippen molar-refractivity contribution in [2.75, 3.05) is 26.0 Å². The van der Waals surface area contributed by atoms with Crippen LogP contribution in [-0.4, -0.2) is 46.0 Å². The van der Waals surface area contributed by atoms with E-state index in [-0.39, 0.29) is 11.5 Å². The molecule has 0 bridgehead atoms. The highest BCUT2D eigenvalue weighted by atomic mass is 16.1. The molecular weight excluding hydrogens is 438 g/mol. The highest BCUT2D eigenvalue weighted by Gasteiger charge is 2.22. The zero-order valence-electron chi connectivity index (χ0n) is 20.0. The van der Waals surface area contributed by atoms with Crippen molar-refractivity contribution < 1.29 is 4.79 Å². The number of amides is 1. The zero-order valence-corrected chi connectivity index (χ0v) is 20.0. The van der Waals surface area contributed by atoms with Gasteiger partial charge in [0.25, 0.3) is 5.56 Å². The van der Waals surface area contributed by atoms with Crippen LogP contribution in [0, 0.1) is 5.92 Å². The molecule has 1 fully saturated rings. The molecule has 1 amide bonds. The van der Waals surface area contributed by atoms with Crippen LogP contribution in [0.4, 0.5) is 5.69 Å². The molecule has 7 nitrogen and oxygen atoms in total. The van der Waals surface area contributed by atoms with Gasteiger partial charge in [-0.05, 0) is 62.7 Å². The van der Waals surface area contributed by atoms with Crippen LogP contribution in [0.5, 0.6) is 0 Å². The number of aromatic amines is 1. The third kappa shape index (κ3) is 5.41. The fraction of sp³-hybridized carbons (Fsp3) is 0.250. The maximum Gasteiger partial charge on any atom is 0.250 e. The second kappa shape index (κ2) is 9.72. The second-order valence-electron chi connectivity index (χ2n) is 9.41. The number of pyridine rings is 2. The summed E-state index contributed by atoms with van der Waals surface area (Å²) in [6.45, 7) is 1.48. The molecule has 35 heavy (non-hydrogen) atoms. The molecule has 0 radical (unpaired) electrons. The Morgan fingerprint density at radius 1 is 1.17 bits per heavy atom. The van der Waals surface area contributed by atoms with Crippen molar-refractivity contribution in [2.24, 2.45) is 5.92 Å². The van der Waals surface area contributed by atoms with E-state index >= 15 is 0 Å². The minimum absolute atomic E-state index is 0.0368. The fourth-order valence-corrected chi connectivity index (χ4v) is 4.14. The van der Waals surface area contributed by atoms with Gasteiger partial charge >= 0.3 is 0 Å². The van der Waals surface area contributed by atoms with Crippen LogP contribution >= 0.6 is 0 Å². The molecule has 4 aromatic rings. The van der Waals surface area contributed by atoms with E-state index in [9.17, 15) is 9.59 Å². The maximum absolute atomic E-state index is 12.3. The van der Waals surface area contributed by atoms with Gasteiger partial charge in [-0.15, -0.1) is 0 Å². The molecule has 7 heteroatoms. The van der Waals surface area contributed by atoms with Gasteiger partial charge in [-0.1, -0.05) is 18.2 Å². The summed E-state index contributed by atoms with van der Waals surface area (Å²) < 4.78 is 1.82. The minimum Gasteiger partial charge on any atom is -0.346 e. The van der Waals surface area contributed by atoms with Gasteiger partial charge in [0.1, 0.15) is 5.65 Å². The zero-order chi connectivity index (χ0) is 24.4. The maximum atomic E-state index is 12.3. The number of rotatable bonds is 8. The summed E-state index contributed by atoms with van der Waals surface area (Å²) in [7, 11) is 3.91. The predicted octanol–water partition coefficient (Wildman–Crippen LogP) is 4.52. The molecule has 1 aliphatic carbocycles. The van der Waals surface area contributed by atoms with E-state index in [1.54, 1.807) is 12.1 Å². The topological polar surface area (TPSA) is 83.0 Å². The Balaban J connectivity index is 1.42. The minimum atomic E-state index is -0.160. The SMILES string of the molecule is CN(C)CC=CC(=O)Nc1cccc(-c2cnc3[nH]cc(-c4ccc(=O)n(CC5CC5)c4)c3c2)c1. The molecule has 1 aliphatic rings. The number of H-pyrrole nitrogens is 1. The molecular formula is C28H29N5O2. The molecule has 0 saturated heterocycles. The number of carbonyl (C=O) groups is 1. The highest BCUT2D eigenvalue weighted by Crippen LogP contribution is 2.33. The van der Waals surface area contributed by atoms with Crippen molar-refractivity contribution in [2.45, 2.75) is 19.4 Å². The number of aromatic nitrogens is 3. The van der Waals surface area contributed by atoms with Gasteiger partial charge in [0.05, 0.1) is 0 Å². The molecule has 0 unspecified atom stereocenters. The summed E-state index contributed by atoms with van der Waals surface area (Å²) in [4.78, 5) is 34.4. The van der Waals surface area contributed by atoms with Crippen molar-refractivity contribution in [3.63, 3.8) is 0 Å². The summed E-state index contributed by atoms with van der Waals surface area (Å²) in [6, 6.07) is 13.4. The smallest absolute Gasteiger partial charge is 0.250 e. The van der Waals surface area contributed by atoms with Crippen LogP contribution in [0.1, 0.15) is 12.8 Å². The largest absolute Gasteiger partial charge is 0.346 e. The molecule has 178 valence electrons. The normalized spacial score (nSPS) is 13.7. The number of nitrogens with zero attached hydrogens (tertiary/aromatic N) is 3. The fourth-order valence-electron chi connectivity index (χ4n) is 4.14. The lowest BCUT2D eigenvalue weighted by molar-refractivity contribution is -0.111. The Kier molecular flexibility index (Phi) is 6.33. The van der Waals surface area contributed by atoms with Gasteiger partial charge in [0.2, 0.25) is 5.91 Å². The van der Waals surface area contributed by atoms with Crippen LogP contribution in [0.15, 0.2) is 78.0 Å². The molecule has 5 rings (SSSR count). The predicted molar refractivity (Wildman–Crippen MR) is 140 cm³/mol. The van der Waals surface area contributed by atoms with E-state index < -0.39 is 0 Å². The first-order valence-electron chi connectivity index (χ1n) is 11.9. The van der Waals surface area contributed by atoms with E-state index in [1.807, 2.05) is 78.6 Å². The number of likely N-dealkylation sites (N-methyl/N-ethyl adjacent to an activating group) is 1. The monoisotopic (exact) mass is 467 g/mol. The summed E-state index contributed by atoms with van der Waals surface area (Å²) >= 11 is 0. The van der Waals surface area contributed by atoms with Gasteiger partial charge in [-0.2, -0.15) is 0 Å². The molecule has 2 N–H and O–H groups in total. The molecule has 1 saturated carbocycles. The van der Waals surface area contributed by atoms with Gasteiger partial charge in [0, 0.05) is 71.6 Å². The second-order valence-corrected chi connectivity index (χ2v) is 9.41. The number of hydrogen-bond acceptors (Lipinski definition) is 4. The van der Waals surface area contributed by atoms with Gasteiger partial charge in [-0.3, -0.25) is 9.59 Å². The van der Waals surface area contributed by atoms with Crippen LogP contribution in [0.25, 0.3) is 33.3 Å². The molecule has 1 aromatic carbocycles. The van der Waals surface area contributed by atoms with Crippen LogP contribution in [0.2, 0.25) is 0 Å². The average Bonchev–Trinajstić information content (AvgIpc) is 3.56. The van der Waals surface area contributed by atoms with Crippen LogP contribution in [0.3, 0.4) is 0 Å². The molecule has 0 aliphatic heterocycles. The van der Waals surface area contributed by atoms with E-state index in [1.165, 1.54) is 12.8 Å². The number of hydrogen-bond donors (Lipinski definition) is 2. The lowest BCUT2D eigenvalue weighted by Gasteiger charge is -2.09. The Morgan fingerprint density at radius 2 is 2.03 bits per heavy atom. The lowest BCUT2D eigenvalue weighted by atomic mass is 10.0. The van der Waals surface area contributed by atoms with Crippen LogP contribution < -0.4 is 10.9 Å². The Labute approximate surface area is 204 Å². The number of anilines is 1. The third-order valence-electron chi connectivity index (χ3n) is 6.18. The van der Waals surface area contributed by atoms with E-state index in [0.29, 0.717) is 12.5 Å². The van der Waals surface area contributed by atoms with Crippen molar-refractivity contribution in [3.8, 4) is 22.3 Å². The van der Waals surface area contributed by atoms with E-state index in [0.717, 1.165) is 45.5 Å². The lowest BCUT2D eigenvalue weighted by Crippen LogP contribution is -2.19. The van der Waals surface area contributed by atoms with Gasteiger partial charge in [0.15, 0.2) is 0 Å². The van der Waals surface area contributed by atoms with Crippen molar-refractivity contribution >= 4 is 22.6 Å². The first-order chi connectivity index (χ1) is 17.0. The number of fused-ring (bicyclic) bond motifs is 1. The Bertz CT molecular complexity index is 1460. The standard InChI is InChI=1S/C28H29N5O2/c1-32(2)12-4-7-26(34)31-23-6-3-5-20(13-23)22-14-24-25(16-30-28(24)29-15-22)21-10-11-27(35)33(18-21)17-19-8-9-19/h3-7,10-11,13-16,18-19H,8-9,12,17H2,1-2H3,(H,29,30)(H,31,34). The summed E-state index contributed by atoms with van der Waals surface area (Å²) in [5, 5.41) is 3.91. The molecule has 3 heterocycles. The number of carbonyl (C=O) groups excluding carboxylic acids is 1. The number of nitrogens with one attached hydrogen (secondary N) is 2. The van der Waals surface area contributed by atoms with Crippen molar-refractivity contribution in [1.29, 1.82) is 0 Å². The number of benzene rings is 1.